The second-order valence-electron chi connectivity index (χ2n) is 4.90. The highest BCUT2D eigenvalue weighted by Gasteiger charge is 2.11. The first-order valence-corrected chi connectivity index (χ1v) is 9.06. The maximum absolute atomic E-state index is 12.0. The number of carbonyl (C=O) groups excluding carboxylic acids is 1. The quantitative estimate of drug-likeness (QED) is 0.683. The van der Waals surface area contributed by atoms with Crippen LogP contribution in [0, 0.1) is 6.92 Å². The lowest BCUT2D eigenvalue weighted by atomic mass is 10.3. The van der Waals surface area contributed by atoms with Gasteiger partial charge in [0.2, 0.25) is 5.91 Å². The molecule has 0 aliphatic carbocycles. The van der Waals surface area contributed by atoms with Crippen molar-refractivity contribution >= 4 is 29.0 Å². The van der Waals surface area contributed by atoms with E-state index in [2.05, 4.69) is 25.5 Å². The molecule has 0 atom stereocenters. The van der Waals surface area contributed by atoms with Gasteiger partial charge in [-0.1, -0.05) is 11.8 Å². The Morgan fingerprint density at radius 2 is 2.17 bits per heavy atom. The number of aromatic nitrogens is 4. The molecule has 3 rings (SSSR count). The normalized spacial score (nSPS) is 10.5. The average molecular weight is 357 g/mol. The maximum atomic E-state index is 12.0. The molecule has 8 heteroatoms. The largest absolute Gasteiger partial charge is 0.350 e. The Balaban J connectivity index is 1.55. The van der Waals surface area contributed by atoms with Crippen molar-refractivity contribution in [3.05, 3.63) is 53.4 Å². The predicted octanol–water partition coefficient (Wildman–Crippen LogP) is 2.71. The molecule has 0 spiro atoms. The van der Waals surface area contributed by atoms with Gasteiger partial charge in [0.15, 0.2) is 0 Å². The Labute approximate surface area is 147 Å². The fraction of sp³-hybridized carbons (Fsp3) is 0.188. The van der Waals surface area contributed by atoms with Crippen molar-refractivity contribution in [1.29, 1.82) is 0 Å². The Bertz CT molecular complexity index is 808. The number of thiazole rings is 1. The summed E-state index contributed by atoms with van der Waals surface area (Å²) >= 11 is 2.94. The zero-order valence-corrected chi connectivity index (χ0v) is 14.6. The number of carbonyl (C=O) groups is 1. The summed E-state index contributed by atoms with van der Waals surface area (Å²) in [7, 11) is 0. The molecule has 0 fully saturated rings. The number of nitrogens with zero attached hydrogens (tertiary/aromatic N) is 4. The zero-order chi connectivity index (χ0) is 16.8. The van der Waals surface area contributed by atoms with Gasteiger partial charge in [-0.05, 0) is 31.2 Å². The number of thioether (sulfide) groups is 1. The molecule has 122 valence electrons. The lowest BCUT2D eigenvalue weighted by Crippen LogP contribution is -2.24. The molecule has 3 heterocycles. The third kappa shape index (κ3) is 4.36. The van der Waals surface area contributed by atoms with Gasteiger partial charge in [-0.25, -0.2) is 4.98 Å². The summed E-state index contributed by atoms with van der Waals surface area (Å²) in [5.74, 6) is 0.271. The monoisotopic (exact) mass is 357 g/mol. The molecule has 0 unspecified atom stereocenters. The van der Waals surface area contributed by atoms with E-state index in [-0.39, 0.29) is 5.91 Å². The van der Waals surface area contributed by atoms with Gasteiger partial charge in [-0.2, -0.15) is 5.10 Å². The summed E-state index contributed by atoms with van der Waals surface area (Å²) in [4.78, 5) is 21.7. The van der Waals surface area contributed by atoms with Gasteiger partial charge in [0.1, 0.15) is 10.0 Å². The van der Waals surface area contributed by atoms with Crippen LogP contribution in [0.15, 0.2) is 47.9 Å². The van der Waals surface area contributed by atoms with Crippen molar-refractivity contribution in [1.82, 2.24) is 25.5 Å². The fourth-order valence-corrected chi connectivity index (χ4v) is 3.59. The molecule has 0 saturated carbocycles. The van der Waals surface area contributed by atoms with Crippen LogP contribution in [0.4, 0.5) is 0 Å². The number of hydrogen-bond donors (Lipinski definition) is 1. The van der Waals surface area contributed by atoms with Gasteiger partial charge in [-0.15, -0.1) is 16.4 Å². The van der Waals surface area contributed by atoms with E-state index in [1.807, 2.05) is 25.1 Å². The fourth-order valence-electron chi connectivity index (χ4n) is 1.94. The van der Waals surface area contributed by atoms with Gasteiger partial charge >= 0.3 is 0 Å². The Kier molecular flexibility index (Phi) is 5.50. The van der Waals surface area contributed by atoms with Crippen LogP contribution < -0.4 is 5.32 Å². The Morgan fingerprint density at radius 3 is 2.92 bits per heavy atom. The summed E-state index contributed by atoms with van der Waals surface area (Å²) < 4.78 is 0. The molecule has 3 aromatic rings. The smallest absolute Gasteiger partial charge is 0.230 e. The van der Waals surface area contributed by atoms with Crippen molar-refractivity contribution in [2.45, 2.75) is 18.5 Å². The zero-order valence-electron chi connectivity index (χ0n) is 13.0. The molecule has 0 bridgehead atoms. The molecule has 0 aromatic carbocycles. The van der Waals surface area contributed by atoms with Crippen LogP contribution in [0.25, 0.3) is 10.6 Å². The van der Waals surface area contributed by atoms with Crippen LogP contribution in [0.3, 0.4) is 0 Å². The van der Waals surface area contributed by atoms with Crippen LogP contribution in [-0.2, 0) is 11.3 Å². The molecule has 0 aliphatic rings. The third-order valence-corrected chi connectivity index (χ3v) is 5.27. The summed E-state index contributed by atoms with van der Waals surface area (Å²) in [5.41, 5.74) is 1.92. The summed E-state index contributed by atoms with van der Waals surface area (Å²) in [6, 6.07) is 7.49. The van der Waals surface area contributed by atoms with Crippen LogP contribution in [-0.4, -0.2) is 31.8 Å². The van der Waals surface area contributed by atoms with E-state index in [0.29, 0.717) is 12.3 Å². The van der Waals surface area contributed by atoms with Crippen molar-refractivity contribution < 1.29 is 4.79 Å². The van der Waals surface area contributed by atoms with E-state index in [1.165, 1.54) is 11.8 Å². The predicted molar refractivity (Wildman–Crippen MR) is 94.7 cm³/mol. The second kappa shape index (κ2) is 7.98. The topological polar surface area (TPSA) is 80.7 Å². The standard InChI is InChI=1S/C16H15N5OS2/c1-11-13(24-16(20-11)12-4-2-6-17-8-12)9-18-14(22)10-23-15-5-3-7-19-21-15/h2-8H,9-10H2,1H3,(H,18,22). The number of amides is 1. The van der Waals surface area contributed by atoms with Crippen LogP contribution in [0.5, 0.6) is 0 Å². The highest BCUT2D eigenvalue weighted by molar-refractivity contribution is 7.99. The maximum Gasteiger partial charge on any atom is 0.230 e. The minimum Gasteiger partial charge on any atom is -0.350 e. The number of nitrogens with one attached hydrogen (secondary N) is 1. The molecule has 0 saturated heterocycles. The number of aryl methyl sites for hydroxylation is 1. The first-order valence-electron chi connectivity index (χ1n) is 7.26. The molecule has 1 amide bonds. The molecular weight excluding hydrogens is 342 g/mol. The average Bonchev–Trinajstić information content (AvgIpc) is 3.01. The van der Waals surface area contributed by atoms with Crippen LogP contribution in [0.1, 0.15) is 10.6 Å². The van der Waals surface area contributed by atoms with Crippen molar-refractivity contribution in [3.8, 4) is 10.6 Å². The number of pyridine rings is 1. The van der Waals surface area contributed by atoms with E-state index in [9.17, 15) is 4.79 Å². The first-order chi connectivity index (χ1) is 11.7. The minimum atomic E-state index is -0.0404. The molecule has 0 aliphatic heterocycles. The third-order valence-electron chi connectivity index (χ3n) is 3.15. The molecular formula is C16H15N5OS2. The van der Waals surface area contributed by atoms with E-state index >= 15 is 0 Å². The van der Waals surface area contributed by atoms with Crippen LogP contribution in [0.2, 0.25) is 0 Å². The summed E-state index contributed by atoms with van der Waals surface area (Å²) in [5, 5.41) is 12.3. The molecule has 24 heavy (non-hydrogen) atoms. The highest BCUT2D eigenvalue weighted by atomic mass is 32.2. The molecule has 6 nitrogen and oxygen atoms in total. The lowest BCUT2D eigenvalue weighted by Gasteiger charge is -2.03. The number of rotatable bonds is 6. The summed E-state index contributed by atoms with van der Waals surface area (Å²) in [6.07, 6.45) is 5.13. The van der Waals surface area contributed by atoms with Gasteiger partial charge in [-0.3, -0.25) is 9.78 Å². The molecule has 3 aromatic heterocycles. The van der Waals surface area contributed by atoms with E-state index in [4.69, 9.17) is 0 Å². The van der Waals surface area contributed by atoms with Gasteiger partial charge in [0.05, 0.1) is 18.0 Å². The van der Waals surface area contributed by atoms with Crippen LogP contribution >= 0.6 is 23.1 Å². The number of hydrogen-bond acceptors (Lipinski definition) is 7. The van der Waals surface area contributed by atoms with E-state index in [1.54, 1.807) is 36.0 Å². The Hall–Kier alpha value is -2.32. The van der Waals surface area contributed by atoms with E-state index in [0.717, 1.165) is 26.2 Å². The van der Waals surface area contributed by atoms with Gasteiger partial charge < -0.3 is 5.32 Å². The highest BCUT2D eigenvalue weighted by Crippen LogP contribution is 2.27. The van der Waals surface area contributed by atoms with Gasteiger partial charge in [0.25, 0.3) is 0 Å². The Morgan fingerprint density at radius 1 is 1.29 bits per heavy atom. The van der Waals surface area contributed by atoms with Crippen molar-refractivity contribution in [3.63, 3.8) is 0 Å². The second-order valence-corrected chi connectivity index (χ2v) is 6.98. The SMILES string of the molecule is Cc1nc(-c2cccnc2)sc1CNC(=O)CSc1cccnn1. The molecule has 1 N–H and O–H groups in total. The summed E-state index contributed by atoms with van der Waals surface area (Å²) in [6.45, 7) is 2.43. The minimum absolute atomic E-state index is 0.0404. The molecule has 0 radical (unpaired) electrons. The van der Waals surface area contributed by atoms with E-state index < -0.39 is 0 Å². The van der Waals surface area contributed by atoms with Gasteiger partial charge in [0, 0.05) is 29.0 Å². The van der Waals surface area contributed by atoms with Crippen molar-refractivity contribution in [2.24, 2.45) is 0 Å². The van der Waals surface area contributed by atoms with Crippen molar-refractivity contribution in [2.75, 3.05) is 5.75 Å². The lowest BCUT2D eigenvalue weighted by molar-refractivity contribution is -0.118. The first kappa shape index (κ1) is 16.5.